The fraction of sp³-hybridized carbons (Fsp3) is 0.385. The first-order valence-corrected chi connectivity index (χ1v) is 6.96. The van der Waals surface area contributed by atoms with E-state index in [0.29, 0.717) is 18.6 Å². The van der Waals surface area contributed by atoms with Crippen LogP contribution < -0.4 is 5.32 Å². The maximum Gasteiger partial charge on any atom is 0.251 e. The number of amides is 1. The average Bonchev–Trinajstić information content (AvgIpc) is 3.04. The maximum absolute atomic E-state index is 12.0. The van der Waals surface area contributed by atoms with Gasteiger partial charge in [0.1, 0.15) is 5.60 Å². The predicted molar refractivity (Wildman–Crippen MR) is 72.3 cm³/mol. The molecular weight excluding hydrogens is 264 g/mol. The van der Waals surface area contributed by atoms with Crippen molar-refractivity contribution in [3.8, 4) is 0 Å². The van der Waals surface area contributed by atoms with Gasteiger partial charge in [-0.25, -0.2) is 4.98 Å². The molecule has 2 aromatic rings. The van der Waals surface area contributed by atoms with Crippen LogP contribution in [0, 0.1) is 0 Å². The number of nitrogens with one attached hydrogen (secondary N) is 1. The number of ether oxygens (including phenoxy) is 1. The normalized spacial score (nSPS) is 22.8. The number of aromatic nitrogens is 1. The Bertz CT molecular complexity index is 605. The Kier molecular flexibility index (Phi) is 3.22. The number of fused-ring (bicyclic) bond motifs is 1. The number of carbonyl (C=O) groups is 1. The third-order valence-corrected chi connectivity index (χ3v) is 4.05. The van der Waals surface area contributed by atoms with Crippen molar-refractivity contribution in [3.05, 3.63) is 29.3 Å². The van der Waals surface area contributed by atoms with E-state index in [1.54, 1.807) is 11.6 Å². The van der Waals surface area contributed by atoms with E-state index in [0.717, 1.165) is 10.2 Å². The summed E-state index contributed by atoms with van der Waals surface area (Å²) in [6.45, 7) is 1.03. The molecule has 1 aliphatic rings. The quantitative estimate of drug-likeness (QED) is 0.884. The van der Waals surface area contributed by atoms with Crippen LogP contribution in [0.1, 0.15) is 16.8 Å². The molecule has 0 radical (unpaired) electrons. The zero-order valence-electron chi connectivity index (χ0n) is 10.3. The summed E-state index contributed by atoms with van der Waals surface area (Å²) in [6.07, 6.45) is 0.557. The summed E-state index contributed by atoms with van der Waals surface area (Å²) in [4.78, 5) is 16.2. The van der Waals surface area contributed by atoms with Gasteiger partial charge in [-0.2, -0.15) is 0 Å². The lowest BCUT2D eigenvalue weighted by atomic mass is 10.0. The molecular formula is C13H14N2O3S. The van der Waals surface area contributed by atoms with Gasteiger partial charge in [0.05, 0.1) is 22.3 Å². The molecule has 1 fully saturated rings. The van der Waals surface area contributed by atoms with Crippen LogP contribution in [0.3, 0.4) is 0 Å². The molecule has 1 atom stereocenters. The standard InChI is InChI=1S/C13H14N2O3S/c16-12(14-6-13(17)3-4-18-7-13)9-1-2-10-11(5-9)19-8-15-10/h1-2,5,8,17H,3-4,6-7H2,(H,14,16)/t13-/m1/s1. The second kappa shape index (κ2) is 4.88. The van der Waals surface area contributed by atoms with Crippen LogP contribution >= 0.6 is 11.3 Å². The minimum Gasteiger partial charge on any atom is -0.386 e. The molecule has 0 unspecified atom stereocenters. The first-order valence-electron chi connectivity index (χ1n) is 6.08. The van der Waals surface area contributed by atoms with E-state index in [1.807, 2.05) is 12.1 Å². The summed E-state index contributed by atoms with van der Waals surface area (Å²) in [5, 5.41) is 12.8. The molecule has 100 valence electrons. The second-order valence-electron chi connectivity index (χ2n) is 4.74. The van der Waals surface area contributed by atoms with Crippen molar-refractivity contribution in [3.63, 3.8) is 0 Å². The van der Waals surface area contributed by atoms with Gasteiger partial charge < -0.3 is 15.2 Å². The highest BCUT2D eigenvalue weighted by Crippen LogP contribution is 2.20. The minimum atomic E-state index is -0.926. The topological polar surface area (TPSA) is 71.5 Å². The molecule has 0 saturated carbocycles. The summed E-state index contributed by atoms with van der Waals surface area (Å²) in [5.74, 6) is -0.185. The lowest BCUT2D eigenvalue weighted by Crippen LogP contribution is -2.43. The largest absolute Gasteiger partial charge is 0.386 e. The average molecular weight is 278 g/mol. The van der Waals surface area contributed by atoms with Crippen LogP contribution in [0.4, 0.5) is 0 Å². The highest BCUT2D eigenvalue weighted by Gasteiger charge is 2.32. The fourth-order valence-electron chi connectivity index (χ4n) is 2.08. The van der Waals surface area contributed by atoms with Gasteiger partial charge in [0.15, 0.2) is 0 Å². The van der Waals surface area contributed by atoms with Crippen molar-refractivity contribution in [2.75, 3.05) is 19.8 Å². The minimum absolute atomic E-state index is 0.185. The van der Waals surface area contributed by atoms with Crippen LogP contribution in [-0.2, 0) is 4.74 Å². The Hall–Kier alpha value is -1.50. The van der Waals surface area contributed by atoms with Gasteiger partial charge in [-0.15, -0.1) is 11.3 Å². The van der Waals surface area contributed by atoms with Gasteiger partial charge in [0, 0.05) is 25.1 Å². The zero-order chi connectivity index (χ0) is 13.3. The molecule has 0 spiro atoms. The van der Waals surface area contributed by atoms with Crippen molar-refractivity contribution in [1.29, 1.82) is 0 Å². The maximum atomic E-state index is 12.0. The van der Waals surface area contributed by atoms with Gasteiger partial charge in [-0.05, 0) is 18.2 Å². The molecule has 1 aromatic heterocycles. The van der Waals surface area contributed by atoms with E-state index in [2.05, 4.69) is 10.3 Å². The molecule has 2 N–H and O–H groups in total. The first kappa shape index (κ1) is 12.5. The van der Waals surface area contributed by atoms with E-state index in [-0.39, 0.29) is 19.1 Å². The molecule has 0 bridgehead atoms. The van der Waals surface area contributed by atoms with E-state index in [1.165, 1.54) is 11.3 Å². The fourth-order valence-corrected chi connectivity index (χ4v) is 2.80. The molecule has 19 heavy (non-hydrogen) atoms. The third-order valence-electron chi connectivity index (χ3n) is 3.25. The van der Waals surface area contributed by atoms with Gasteiger partial charge in [0.2, 0.25) is 0 Å². The Labute approximate surface area is 114 Å². The van der Waals surface area contributed by atoms with Gasteiger partial charge in [-0.1, -0.05) is 0 Å². The summed E-state index contributed by atoms with van der Waals surface area (Å²) >= 11 is 1.50. The van der Waals surface area contributed by atoms with Crippen molar-refractivity contribution in [2.45, 2.75) is 12.0 Å². The van der Waals surface area contributed by atoms with Crippen LogP contribution in [0.15, 0.2) is 23.7 Å². The summed E-state index contributed by atoms with van der Waals surface area (Å²) in [7, 11) is 0. The third kappa shape index (κ3) is 2.60. The smallest absolute Gasteiger partial charge is 0.251 e. The van der Waals surface area contributed by atoms with Gasteiger partial charge in [-0.3, -0.25) is 4.79 Å². The zero-order valence-corrected chi connectivity index (χ0v) is 11.1. The Morgan fingerprint density at radius 2 is 2.47 bits per heavy atom. The van der Waals surface area contributed by atoms with E-state index in [9.17, 15) is 9.90 Å². The first-order chi connectivity index (χ1) is 9.16. The molecule has 2 heterocycles. The number of carbonyl (C=O) groups excluding carboxylic acids is 1. The molecule has 3 rings (SSSR count). The number of hydrogen-bond acceptors (Lipinski definition) is 5. The van der Waals surface area contributed by atoms with Crippen molar-refractivity contribution < 1.29 is 14.6 Å². The van der Waals surface area contributed by atoms with Crippen molar-refractivity contribution >= 4 is 27.5 Å². The Morgan fingerprint density at radius 1 is 1.58 bits per heavy atom. The second-order valence-corrected chi connectivity index (χ2v) is 5.63. The van der Waals surface area contributed by atoms with E-state index >= 15 is 0 Å². The summed E-state index contributed by atoms with van der Waals surface area (Å²) < 4.78 is 6.12. The molecule has 5 nitrogen and oxygen atoms in total. The van der Waals surface area contributed by atoms with Crippen molar-refractivity contribution in [1.82, 2.24) is 10.3 Å². The lowest BCUT2D eigenvalue weighted by molar-refractivity contribution is 0.0264. The van der Waals surface area contributed by atoms with Crippen LogP contribution in [0.5, 0.6) is 0 Å². The lowest BCUT2D eigenvalue weighted by Gasteiger charge is -2.20. The highest BCUT2D eigenvalue weighted by atomic mass is 32.1. The molecule has 0 aliphatic carbocycles. The number of aliphatic hydroxyl groups is 1. The Balaban J connectivity index is 1.69. The molecule has 1 aromatic carbocycles. The van der Waals surface area contributed by atoms with E-state index < -0.39 is 5.60 Å². The molecule has 1 amide bonds. The number of hydrogen-bond donors (Lipinski definition) is 2. The Morgan fingerprint density at radius 3 is 3.26 bits per heavy atom. The number of benzene rings is 1. The van der Waals surface area contributed by atoms with Crippen LogP contribution in [-0.4, -0.2) is 41.4 Å². The summed E-state index contributed by atoms with van der Waals surface area (Å²) in [5.41, 5.74) is 2.30. The highest BCUT2D eigenvalue weighted by molar-refractivity contribution is 7.16. The van der Waals surface area contributed by atoms with E-state index in [4.69, 9.17) is 4.74 Å². The predicted octanol–water partition coefficient (Wildman–Crippen LogP) is 1.18. The SMILES string of the molecule is O=C(NC[C@]1(O)CCOC1)c1ccc2ncsc2c1. The van der Waals surface area contributed by atoms with Gasteiger partial charge >= 0.3 is 0 Å². The molecule has 6 heteroatoms. The monoisotopic (exact) mass is 278 g/mol. The number of rotatable bonds is 3. The van der Waals surface area contributed by atoms with Crippen LogP contribution in [0.25, 0.3) is 10.2 Å². The number of nitrogens with zero attached hydrogens (tertiary/aromatic N) is 1. The van der Waals surface area contributed by atoms with Crippen LogP contribution in [0.2, 0.25) is 0 Å². The van der Waals surface area contributed by atoms with Crippen molar-refractivity contribution in [2.24, 2.45) is 0 Å². The van der Waals surface area contributed by atoms with Gasteiger partial charge in [0.25, 0.3) is 5.91 Å². The molecule has 1 saturated heterocycles. The number of thiazole rings is 1. The molecule has 1 aliphatic heterocycles. The summed E-state index contributed by atoms with van der Waals surface area (Å²) in [6, 6.07) is 5.39.